The number of carbonyl (C=O) groups is 2. The molecule has 1 heterocycles. The molecule has 3 N–H and O–H groups in total. The minimum Gasteiger partial charge on any atom is -0.378 e. The van der Waals surface area contributed by atoms with Crippen molar-refractivity contribution < 1.29 is 22.7 Å². The molecule has 10 heteroatoms. The van der Waals surface area contributed by atoms with Crippen LogP contribution >= 0.6 is 0 Å². The summed E-state index contributed by atoms with van der Waals surface area (Å²) in [5, 5.41) is 5.77. The number of sulfonamides is 1. The normalized spacial score (nSPS) is 13.7. The van der Waals surface area contributed by atoms with Crippen molar-refractivity contribution in [1.82, 2.24) is 0 Å². The molecule has 0 aromatic heterocycles. The first-order valence-corrected chi connectivity index (χ1v) is 13.3. The highest BCUT2D eigenvalue weighted by Gasteiger charge is 2.16. The second-order valence-electron chi connectivity index (χ2n) is 8.49. The van der Waals surface area contributed by atoms with Gasteiger partial charge < -0.3 is 20.3 Å². The Kier molecular flexibility index (Phi) is 7.56. The van der Waals surface area contributed by atoms with Gasteiger partial charge in [0.1, 0.15) is 0 Å². The van der Waals surface area contributed by atoms with Gasteiger partial charge in [0.2, 0.25) is 10.0 Å². The van der Waals surface area contributed by atoms with Crippen LogP contribution in [0.25, 0.3) is 0 Å². The molecule has 0 radical (unpaired) electrons. The van der Waals surface area contributed by atoms with E-state index < -0.39 is 15.9 Å². The quantitative estimate of drug-likeness (QED) is 0.448. The Hall–Kier alpha value is -3.89. The lowest BCUT2D eigenvalue weighted by Crippen LogP contribution is -2.36. The van der Waals surface area contributed by atoms with Crippen LogP contribution in [0.2, 0.25) is 0 Å². The van der Waals surface area contributed by atoms with Gasteiger partial charge in [0, 0.05) is 47.0 Å². The molecular weight excluding hydrogens is 480 g/mol. The number of nitrogens with one attached hydrogen (secondary N) is 3. The highest BCUT2D eigenvalue weighted by Crippen LogP contribution is 2.26. The van der Waals surface area contributed by atoms with Gasteiger partial charge >= 0.3 is 0 Å². The van der Waals surface area contributed by atoms with Gasteiger partial charge in [0.25, 0.3) is 11.8 Å². The minimum absolute atomic E-state index is 0.253. The number of carbonyl (C=O) groups excluding carboxylic acids is 2. The number of anilines is 4. The van der Waals surface area contributed by atoms with Crippen LogP contribution in [0.4, 0.5) is 22.7 Å². The van der Waals surface area contributed by atoms with Crippen molar-refractivity contribution in [1.29, 1.82) is 0 Å². The Morgan fingerprint density at radius 3 is 2.00 bits per heavy atom. The maximum absolute atomic E-state index is 13.0. The van der Waals surface area contributed by atoms with Gasteiger partial charge in [-0.1, -0.05) is 18.2 Å². The monoisotopic (exact) mass is 508 g/mol. The zero-order valence-corrected chi connectivity index (χ0v) is 20.9. The standard InChI is InChI=1S/C26H28N4O5S/c1-18-23(27-25(31)19-6-3-8-21(16-19)29-36(2,33)34)10-5-11-24(18)28-26(32)20-7-4-9-22(17-20)30-12-14-35-15-13-30/h3-11,16-17,29H,12-15H2,1-2H3,(H,27,31)(H,28,32). The van der Waals surface area contributed by atoms with Gasteiger partial charge in [0.15, 0.2) is 0 Å². The Bertz CT molecular complexity index is 1380. The first kappa shape index (κ1) is 25.2. The molecule has 188 valence electrons. The minimum atomic E-state index is -3.46. The van der Waals surface area contributed by atoms with Crippen molar-refractivity contribution in [2.45, 2.75) is 6.92 Å². The lowest BCUT2D eigenvalue weighted by molar-refractivity contribution is 0.101. The van der Waals surface area contributed by atoms with E-state index in [1.54, 1.807) is 49.4 Å². The third-order valence-corrected chi connectivity index (χ3v) is 6.35. The predicted molar refractivity (Wildman–Crippen MR) is 141 cm³/mol. The van der Waals surface area contributed by atoms with E-state index in [-0.39, 0.29) is 11.5 Å². The number of rotatable bonds is 7. The molecule has 0 unspecified atom stereocenters. The van der Waals surface area contributed by atoms with E-state index in [4.69, 9.17) is 4.74 Å². The third kappa shape index (κ3) is 6.41. The average molecular weight is 509 g/mol. The Balaban J connectivity index is 1.47. The van der Waals surface area contributed by atoms with Crippen LogP contribution in [0.3, 0.4) is 0 Å². The fourth-order valence-electron chi connectivity index (χ4n) is 3.90. The molecule has 1 aliphatic rings. The van der Waals surface area contributed by atoms with Gasteiger partial charge in [-0.3, -0.25) is 14.3 Å². The summed E-state index contributed by atoms with van der Waals surface area (Å²) in [6, 6.07) is 18.9. The van der Waals surface area contributed by atoms with E-state index in [2.05, 4.69) is 20.3 Å². The van der Waals surface area contributed by atoms with E-state index in [9.17, 15) is 18.0 Å². The molecule has 3 aromatic rings. The van der Waals surface area contributed by atoms with E-state index in [1.165, 1.54) is 6.07 Å². The zero-order valence-electron chi connectivity index (χ0n) is 20.1. The largest absolute Gasteiger partial charge is 0.378 e. The molecule has 2 amide bonds. The van der Waals surface area contributed by atoms with Crippen LogP contribution < -0.4 is 20.3 Å². The van der Waals surface area contributed by atoms with Crippen molar-refractivity contribution in [2.24, 2.45) is 0 Å². The van der Waals surface area contributed by atoms with E-state index in [0.717, 1.165) is 25.0 Å². The number of hydrogen-bond acceptors (Lipinski definition) is 6. The summed E-state index contributed by atoms with van der Waals surface area (Å²) in [5.74, 6) is -0.659. The molecule has 1 fully saturated rings. The molecular formula is C26H28N4O5S. The van der Waals surface area contributed by atoms with Crippen LogP contribution in [0.5, 0.6) is 0 Å². The number of morpholine rings is 1. The van der Waals surface area contributed by atoms with Crippen molar-refractivity contribution in [3.05, 3.63) is 83.4 Å². The van der Waals surface area contributed by atoms with Gasteiger partial charge in [-0.05, 0) is 61.0 Å². The maximum Gasteiger partial charge on any atom is 0.255 e. The van der Waals surface area contributed by atoms with Crippen molar-refractivity contribution in [3.63, 3.8) is 0 Å². The molecule has 4 rings (SSSR count). The number of benzene rings is 3. The number of nitrogens with zero attached hydrogens (tertiary/aromatic N) is 1. The lowest BCUT2D eigenvalue weighted by atomic mass is 10.1. The molecule has 0 saturated carbocycles. The summed E-state index contributed by atoms with van der Waals surface area (Å²) in [4.78, 5) is 28.0. The summed E-state index contributed by atoms with van der Waals surface area (Å²) in [6.07, 6.45) is 1.04. The summed E-state index contributed by atoms with van der Waals surface area (Å²) in [5.41, 5.74) is 3.87. The van der Waals surface area contributed by atoms with Gasteiger partial charge in [0.05, 0.1) is 19.5 Å². The molecule has 3 aromatic carbocycles. The van der Waals surface area contributed by atoms with Gasteiger partial charge in [-0.25, -0.2) is 8.42 Å². The van der Waals surface area contributed by atoms with Gasteiger partial charge in [-0.15, -0.1) is 0 Å². The molecule has 1 aliphatic heterocycles. The summed E-state index contributed by atoms with van der Waals surface area (Å²) in [7, 11) is -3.46. The molecule has 0 spiro atoms. The first-order valence-electron chi connectivity index (χ1n) is 11.4. The highest BCUT2D eigenvalue weighted by molar-refractivity contribution is 7.92. The molecule has 0 atom stereocenters. The number of hydrogen-bond donors (Lipinski definition) is 3. The van der Waals surface area contributed by atoms with Gasteiger partial charge in [-0.2, -0.15) is 0 Å². The van der Waals surface area contributed by atoms with Crippen LogP contribution in [-0.4, -0.2) is 52.8 Å². The van der Waals surface area contributed by atoms with Crippen molar-refractivity contribution in [3.8, 4) is 0 Å². The second kappa shape index (κ2) is 10.8. The third-order valence-electron chi connectivity index (χ3n) is 5.74. The fourth-order valence-corrected chi connectivity index (χ4v) is 4.45. The Labute approximate surface area is 210 Å². The second-order valence-corrected chi connectivity index (χ2v) is 10.2. The molecule has 0 aliphatic carbocycles. The van der Waals surface area contributed by atoms with Crippen molar-refractivity contribution in [2.75, 3.05) is 52.8 Å². The van der Waals surface area contributed by atoms with E-state index in [1.807, 2.05) is 18.2 Å². The number of amides is 2. The topological polar surface area (TPSA) is 117 Å². The van der Waals surface area contributed by atoms with E-state index >= 15 is 0 Å². The van der Waals surface area contributed by atoms with Crippen LogP contribution in [-0.2, 0) is 14.8 Å². The molecule has 1 saturated heterocycles. The van der Waals surface area contributed by atoms with Crippen LogP contribution in [0.1, 0.15) is 26.3 Å². The summed E-state index contributed by atoms with van der Waals surface area (Å²) < 4.78 is 30.7. The molecule has 36 heavy (non-hydrogen) atoms. The smallest absolute Gasteiger partial charge is 0.255 e. The fraction of sp³-hybridized carbons (Fsp3) is 0.231. The predicted octanol–water partition coefficient (Wildman–Crippen LogP) is 3.71. The van der Waals surface area contributed by atoms with Crippen molar-refractivity contribution >= 4 is 44.6 Å². The maximum atomic E-state index is 13.0. The molecule has 9 nitrogen and oxygen atoms in total. The zero-order chi connectivity index (χ0) is 25.7. The summed E-state index contributed by atoms with van der Waals surface area (Å²) in [6.45, 7) is 4.68. The highest BCUT2D eigenvalue weighted by atomic mass is 32.2. The SMILES string of the molecule is Cc1c(NC(=O)c2cccc(NS(C)(=O)=O)c2)cccc1NC(=O)c1cccc(N2CCOCC2)c1. The van der Waals surface area contributed by atoms with Crippen LogP contribution in [0, 0.1) is 6.92 Å². The van der Waals surface area contributed by atoms with E-state index in [0.29, 0.717) is 41.4 Å². The lowest BCUT2D eigenvalue weighted by Gasteiger charge is -2.29. The molecule has 0 bridgehead atoms. The Morgan fingerprint density at radius 2 is 1.39 bits per heavy atom. The first-order chi connectivity index (χ1) is 17.2. The Morgan fingerprint density at radius 1 is 0.833 bits per heavy atom. The number of ether oxygens (including phenoxy) is 1. The van der Waals surface area contributed by atoms with Crippen LogP contribution in [0.15, 0.2) is 66.7 Å². The summed E-state index contributed by atoms with van der Waals surface area (Å²) >= 11 is 0. The average Bonchev–Trinajstić information content (AvgIpc) is 2.86.